The van der Waals surface area contributed by atoms with Crippen LogP contribution in [0.3, 0.4) is 0 Å². The third-order valence-electron chi connectivity index (χ3n) is 5.02. The van der Waals surface area contributed by atoms with Gasteiger partial charge in [0, 0.05) is 34.8 Å². The van der Waals surface area contributed by atoms with Crippen LogP contribution in [0.2, 0.25) is 0 Å². The number of aryl methyl sites for hydroxylation is 1. The van der Waals surface area contributed by atoms with Crippen LogP contribution in [0.15, 0.2) is 73.4 Å². The average molecular weight is 540 g/mol. The highest BCUT2D eigenvalue weighted by Crippen LogP contribution is 2.37. The number of non-ortho nitro benzene ring substituents is 1. The molecule has 1 fully saturated rings. The van der Waals surface area contributed by atoms with Gasteiger partial charge in [-0.1, -0.05) is 31.5 Å². The summed E-state index contributed by atoms with van der Waals surface area (Å²) in [5.74, 6) is 1.22. The van der Waals surface area contributed by atoms with Crippen LogP contribution in [0.5, 0.6) is 0 Å². The van der Waals surface area contributed by atoms with Crippen LogP contribution in [-0.2, 0) is 4.79 Å². The van der Waals surface area contributed by atoms with Crippen LogP contribution in [0.4, 0.5) is 11.4 Å². The van der Waals surface area contributed by atoms with Gasteiger partial charge in [-0.15, -0.1) is 0 Å². The number of benzene rings is 2. The highest BCUT2D eigenvalue weighted by molar-refractivity contribution is 9.10. The number of furan rings is 1. The summed E-state index contributed by atoms with van der Waals surface area (Å²) in [6, 6.07) is 15.9. The number of hydrogen-bond acceptors (Lipinski definition) is 6. The monoisotopic (exact) mass is 539 g/mol. The largest absolute Gasteiger partial charge is 0.457 e. The number of hydrogen-bond donors (Lipinski definition) is 0. The van der Waals surface area contributed by atoms with Gasteiger partial charge in [-0.25, -0.2) is 4.99 Å². The van der Waals surface area contributed by atoms with Crippen LogP contribution in [0, 0.1) is 23.0 Å². The smallest absolute Gasteiger partial charge is 0.270 e. The van der Waals surface area contributed by atoms with E-state index >= 15 is 0 Å². The molecule has 34 heavy (non-hydrogen) atoms. The summed E-state index contributed by atoms with van der Waals surface area (Å²) in [4.78, 5) is 30.7. The number of carbonyl (C=O) groups excluding carboxylic acids is 1. The highest BCUT2D eigenvalue weighted by Gasteiger charge is 2.34. The summed E-state index contributed by atoms with van der Waals surface area (Å²) in [5.41, 5.74) is 2.61. The Hall–Kier alpha value is -3.17. The van der Waals surface area contributed by atoms with E-state index in [0.29, 0.717) is 38.2 Å². The molecule has 2 heterocycles. The lowest BCUT2D eigenvalue weighted by molar-refractivity contribution is -0.384. The minimum atomic E-state index is -0.450. The van der Waals surface area contributed by atoms with Crippen molar-refractivity contribution in [3.63, 3.8) is 0 Å². The molecule has 0 atom stereocenters. The first-order valence-electron chi connectivity index (χ1n) is 10.6. The standard InChI is InChI=1S/C25H22BrN3O4S/c1-15(2)14-28-24(30)23(34-25(28)27-17-6-4-16(3)5-7-17)13-19-9-11-22(33-19)20-10-8-18(29(31)32)12-21(20)26/h4-13,15H,14H2,1-3H3/b23-13+,27-25?. The van der Waals surface area contributed by atoms with E-state index < -0.39 is 4.92 Å². The summed E-state index contributed by atoms with van der Waals surface area (Å²) in [5, 5.41) is 11.6. The lowest BCUT2D eigenvalue weighted by Gasteiger charge is -2.17. The zero-order chi connectivity index (χ0) is 24.4. The van der Waals surface area contributed by atoms with Crippen LogP contribution in [-0.4, -0.2) is 27.4 Å². The number of amidine groups is 1. The summed E-state index contributed by atoms with van der Waals surface area (Å²) >= 11 is 4.69. The molecule has 4 rings (SSSR count). The summed E-state index contributed by atoms with van der Waals surface area (Å²) < 4.78 is 6.50. The second-order valence-corrected chi connectivity index (χ2v) is 10.1. The normalized spacial score (nSPS) is 16.3. The Bertz CT molecular complexity index is 1310. The number of halogens is 1. The van der Waals surface area contributed by atoms with Gasteiger partial charge < -0.3 is 4.42 Å². The third kappa shape index (κ3) is 5.31. The van der Waals surface area contributed by atoms with Crippen LogP contribution < -0.4 is 0 Å². The van der Waals surface area contributed by atoms with Gasteiger partial charge in [0.1, 0.15) is 11.5 Å². The SMILES string of the molecule is Cc1ccc(N=C2S/C(=C/c3ccc(-c4ccc([N+](=O)[O-])cc4Br)o3)C(=O)N2CC(C)C)cc1. The molecule has 174 valence electrons. The zero-order valence-electron chi connectivity index (χ0n) is 18.8. The maximum absolute atomic E-state index is 13.2. The fraction of sp³-hybridized carbons (Fsp3) is 0.200. The second kappa shape index (κ2) is 9.99. The molecule has 0 aliphatic carbocycles. The van der Waals surface area contributed by atoms with Crippen molar-refractivity contribution in [1.82, 2.24) is 4.90 Å². The summed E-state index contributed by atoms with van der Waals surface area (Å²) in [6.07, 6.45) is 1.71. The Morgan fingerprint density at radius 1 is 1.18 bits per heavy atom. The van der Waals surface area contributed by atoms with Crippen LogP contribution in [0.25, 0.3) is 17.4 Å². The predicted molar refractivity (Wildman–Crippen MR) is 139 cm³/mol. The Kier molecular flexibility index (Phi) is 7.04. The number of thioether (sulfide) groups is 1. The van der Waals surface area contributed by atoms with E-state index in [2.05, 4.69) is 29.8 Å². The molecule has 0 N–H and O–H groups in total. The van der Waals surface area contributed by atoms with Gasteiger partial charge in [-0.2, -0.15) is 0 Å². The van der Waals surface area contributed by atoms with E-state index in [-0.39, 0.29) is 17.5 Å². The van der Waals surface area contributed by atoms with Crippen molar-refractivity contribution >= 4 is 56.2 Å². The first kappa shape index (κ1) is 24.0. The number of nitro benzene ring substituents is 1. The first-order chi connectivity index (χ1) is 16.2. The fourth-order valence-corrected chi connectivity index (χ4v) is 4.92. The van der Waals surface area contributed by atoms with Gasteiger partial charge in [0.2, 0.25) is 0 Å². The molecule has 2 aromatic carbocycles. The van der Waals surface area contributed by atoms with Gasteiger partial charge in [0.05, 0.1) is 15.5 Å². The minimum Gasteiger partial charge on any atom is -0.457 e. The molecule has 7 nitrogen and oxygen atoms in total. The third-order valence-corrected chi connectivity index (χ3v) is 6.69. The lowest BCUT2D eigenvalue weighted by atomic mass is 10.1. The zero-order valence-corrected chi connectivity index (χ0v) is 21.2. The maximum Gasteiger partial charge on any atom is 0.270 e. The number of nitrogens with zero attached hydrogens (tertiary/aromatic N) is 3. The van der Waals surface area contributed by atoms with Crippen LogP contribution in [0.1, 0.15) is 25.2 Å². The van der Waals surface area contributed by atoms with Gasteiger partial charge in [-0.05, 0) is 70.9 Å². The molecule has 1 aliphatic heterocycles. The molecule has 1 aliphatic rings. The first-order valence-corrected chi connectivity index (χ1v) is 12.2. The van der Waals surface area contributed by atoms with Crippen molar-refractivity contribution in [1.29, 1.82) is 0 Å². The molecule has 0 unspecified atom stereocenters. The molecule has 3 aromatic rings. The molecule has 0 radical (unpaired) electrons. The minimum absolute atomic E-state index is 0.0110. The summed E-state index contributed by atoms with van der Waals surface area (Å²) in [6.45, 7) is 6.70. The molecular formula is C25H22BrN3O4S. The van der Waals surface area contributed by atoms with Gasteiger partial charge in [0.25, 0.3) is 11.6 Å². The van der Waals surface area contributed by atoms with Gasteiger partial charge in [0.15, 0.2) is 5.17 Å². The van der Waals surface area contributed by atoms with Crippen molar-refractivity contribution < 1.29 is 14.1 Å². The van der Waals surface area contributed by atoms with E-state index in [0.717, 1.165) is 11.3 Å². The molecule has 1 saturated heterocycles. The van der Waals surface area contributed by atoms with Crippen molar-refractivity contribution in [3.8, 4) is 11.3 Å². The van der Waals surface area contributed by atoms with Crippen molar-refractivity contribution in [3.05, 3.63) is 85.4 Å². The Morgan fingerprint density at radius 2 is 1.91 bits per heavy atom. The fourth-order valence-electron chi connectivity index (χ4n) is 3.37. The van der Waals surface area contributed by atoms with Crippen molar-refractivity contribution in [2.24, 2.45) is 10.9 Å². The quantitative estimate of drug-likeness (QED) is 0.188. The number of nitro groups is 1. The topological polar surface area (TPSA) is 89.0 Å². The number of carbonyl (C=O) groups is 1. The van der Waals surface area contributed by atoms with Gasteiger partial charge in [-0.3, -0.25) is 19.8 Å². The molecule has 0 saturated carbocycles. The Balaban J connectivity index is 1.63. The molecule has 0 spiro atoms. The Labute approximate surface area is 209 Å². The molecule has 9 heteroatoms. The number of amides is 1. The summed E-state index contributed by atoms with van der Waals surface area (Å²) in [7, 11) is 0. The number of aliphatic imine (C=N–C) groups is 1. The van der Waals surface area contributed by atoms with E-state index in [1.807, 2.05) is 31.2 Å². The number of rotatable bonds is 6. The lowest BCUT2D eigenvalue weighted by Crippen LogP contribution is -2.32. The maximum atomic E-state index is 13.2. The van der Waals surface area contributed by atoms with Crippen LogP contribution >= 0.6 is 27.7 Å². The van der Waals surface area contributed by atoms with Crippen molar-refractivity contribution in [2.75, 3.05) is 6.54 Å². The van der Waals surface area contributed by atoms with E-state index in [1.165, 1.54) is 23.9 Å². The van der Waals surface area contributed by atoms with Gasteiger partial charge >= 0.3 is 0 Å². The highest BCUT2D eigenvalue weighted by atomic mass is 79.9. The second-order valence-electron chi connectivity index (χ2n) is 8.27. The van der Waals surface area contributed by atoms with E-state index in [9.17, 15) is 14.9 Å². The molecule has 1 aromatic heterocycles. The van der Waals surface area contributed by atoms with Crippen molar-refractivity contribution in [2.45, 2.75) is 20.8 Å². The predicted octanol–water partition coefficient (Wildman–Crippen LogP) is 7.19. The average Bonchev–Trinajstić information content (AvgIpc) is 3.35. The molecular weight excluding hydrogens is 518 g/mol. The molecule has 1 amide bonds. The van der Waals surface area contributed by atoms with E-state index in [1.54, 1.807) is 29.2 Å². The van der Waals surface area contributed by atoms with E-state index in [4.69, 9.17) is 9.41 Å². The Morgan fingerprint density at radius 3 is 2.56 bits per heavy atom. The molecule has 0 bridgehead atoms.